The molecule has 0 aliphatic heterocycles. The molecule has 1 heterocycles. The summed E-state index contributed by atoms with van der Waals surface area (Å²) in [5.41, 5.74) is 1.84. The summed E-state index contributed by atoms with van der Waals surface area (Å²) < 4.78 is 0. The highest BCUT2D eigenvalue weighted by Gasteiger charge is 1.95. The molecule has 0 N–H and O–H groups in total. The van der Waals surface area contributed by atoms with Crippen LogP contribution in [0.1, 0.15) is 0 Å². The zero-order valence-corrected chi connectivity index (χ0v) is 6.38. The lowest BCUT2D eigenvalue weighted by Gasteiger charge is -1.95. The van der Waals surface area contributed by atoms with Crippen molar-refractivity contribution in [3.63, 3.8) is 0 Å². The van der Waals surface area contributed by atoms with Gasteiger partial charge in [0, 0.05) is 5.56 Å². The molecule has 0 bridgehead atoms. The van der Waals surface area contributed by atoms with Crippen LogP contribution in [0.2, 0.25) is 0 Å². The summed E-state index contributed by atoms with van der Waals surface area (Å²) in [5.74, 6) is 0. The standard InChI is InChI=1S/C9H7N3/c1-2-4-8(5-3-1)9-6-10-7-11-12-9/h1-7H. The van der Waals surface area contributed by atoms with E-state index < -0.39 is 0 Å². The molecule has 0 spiro atoms. The minimum absolute atomic E-state index is 0.804. The lowest BCUT2D eigenvalue weighted by molar-refractivity contribution is 0.976. The summed E-state index contributed by atoms with van der Waals surface area (Å²) in [6, 6.07) is 9.85. The third kappa shape index (κ3) is 1.29. The molecule has 0 saturated heterocycles. The Hall–Kier alpha value is -1.77. The highest BCUT2D eigenvalue weighted by Crippen LogP contribution is 2.12. The van der Waals surface area contributed by atoms with Crippen LogP contribution in [0.15, 0.2) is 42.9 Å². The first-order valence-electron chi connectivity index (χ1n) is 3.65. The number of rotatable bonds is 1. The maximum atomic E-state index is 3.94. The second kappa shape index (κ2) is 3.09. The zero-order valence-electron chi connectivity index (χ0n) is 6.38. The van der Waals surface area contributed by atoms with Crippen LogP contribution in [0.5, 0.6) is 0 Å². The Morgan fingerprint density at radius 3 is 2.50 bits per heavy atom. The molecule has 0 aliphatic carbocycles. The summed E-state index contributed by atoms with van der Waals surface area (Å²) in [5, 5.41) is 7.64. The summed E-state index contributed by atoms with van der Waals surface area (Å²) in [6.45, 7) is 0. The Morgan fingerprint density at radius 2 is 1.83 bits per heavy atom. The van der Waals surface area contributed by atoms with Gasteiger partial charge >= 0.3 is 0 Å². The predicted molar refractivity (Wildman–Crippen MR) is 45.3 cm³/mol. The van der Waals surface area contributed by atoms with Crippen molar-refractivity contribution in [2.45, 2.75) is 0 Å². The molecular formula is C9H7N3. The topological polar surface area (TPSA) is 38.7 Å². The molecule has 12 heavy (non-hydrogen) atoms. The van der Waals surface area contributed by atoms with E-state index >= 15 is 0 Å². The third-order valence-electron chi connectivity index (χ3n) is 1.55. The molecule has 3 nitrogen and oxygen atoms in total. The van der Waals surface area contributed by atoms with E-state index in [1.165, 1.54) is 6.33 Å². The van der Waals surface area contributed by atoms with Crippen LogP contribution in [0.4, 0.5) is 0 Å². The Morgan fingerprint density at radius 1 is 1.00 bits per heavy atom. The number of nitrogens with zero attached hydrogens (tertiary/aromatic N) is 3. The van der Waals surface area contributed by atoms with E-state index in [0.717, 1.165) is 11.3 Å². The fraction of sp³-hybridized carbons (Fsp3) is 0. The largest absolute Gasteiger partial charge is 0.241 e. The van der Waals surface area contributed by atoms with Crippen molar-refractivity contribution in [1.29, 1.82) is 0 Å². The molecule has 0 saturated carbocycles. The van der Waals surface area contributed by atoms with Gasteiger partial charge in [0.15, 0.2) is 0 Å². The molecule has 0 radical (unpaired) electrons. The maximum Gasteiger partial charge on any atom is 0.138 e. The van der Waals surface area contributed by atoms with Gasteiger partial charge in [0.05, 0.1) is 6.20 Å². The van der Waals surface area contributed by atoms with Crippen LogP contribution in [0.3, 0.4) is 0 Å². The Kier molecular flexibility index (Phi) is 1.78. The van der Waals surface area contributed by atoms with Gasteiger partial charge in [-0.25, -0.2) is 4.98 Å². The molecule has 0 atom stereocenters. The average molecular weight is 157 g/mol. The summed E-state index contributed by atoms with van der Waals surface area (Å²) in [6.07, 6.45) is 3.12. The van der Waals surface area contributed by atoms with E-state index in [1.807, 2.05) is 30.3 Å². The Bertz CT molecular complexity index is 307. The fourth-order valence-corrected chi connectivity index (χ4v) is 0.989. The van der Waals surface area contributed by atoms with Crippen LogP contribution in [0.25, 0.3) is 11.3 Å². The van der Waals surface area contributed by atoms with Gasteiger partial charge in [0.1, 0.15) is 12.0 Å². The van der Waals surface area contributed by atoms with Gasteiger partial charge in [0.2, 0.25) is 0 Å². The van der Waals surface area contributed by atoms with Gasteiger partial charge in [-0.15, -0.1) is 10.2 Å². The van der Waals surface area contributed by atoms with Crippen molar-refractivity contribution in [2.75, 3.05) is 0 Å². The van der Waals surface area contributed by atoms with Crippen LogP contribution < -0.4 is 0 Å². The van der Waals surface area contributed by atoms with Crippen LogP contribution in [-0.2, 0) is 0 Å². The third-order valence-corrected chi connectivity index (χ3v) is 1.55. The van der Waals surface area contributed by atoms with E-state index in [0.29, 0.717) is 0 Å². The van der Waals surface area contributed by atoms with E-state index in [9.17, 15) is 0 Å². The first-order valence-corrected chi connectivity index (χ1v) is 3.65. The second-order valence-corrected chi connectivity index (χ2v) is 2.36. The number of hydrogen-bond donors (Lipinski definition) is 0. The normalized spacial score (nSPS) is 9.67. The van der Waals surface area contributed by atoms with Gasteiger partial charge in [-0.1, -0.05) is 30.3 Å². The molecule has 0 aliphatic rings. The van der Waals surface area contributed by atoms with Crippen LogP contribution in [-0.4, -0.2) is 15.2 Å². The SMILES string of the molecule is c1ccc(-c2cncnn2)cc1. The molecule has 2 aromatic rings. The first-order chi connectivity index (χ1) is 5.97. The molecule has 58 valence electrons. The van der Waals surface area contributed by atoms with Crippen molar-refractivity contribution < 1.29 is 0 Å². The smallest absolute Gasteiger partial charge is 0.138 e. The van der Waals surface area contributed by atoms with Crippen LogP contribution in [0, 0.1) is 0 Å². The fourth-order valence-electron chi connectivity index (χ4n) is 0.989. The quantitative estimate of drug-likeness (QED) is 0.630. The van der Waals surface area contributed by atoms with Gasteiger partial charge in [-0.05, 0) is 0 Å². The number of benzene rings is 1. The zero-order chi connectivity index (χ0) is 8.23. The summed E-state index contributed by atoms with van der Waals surface area (Å²) >= 11 is 0. The van der Waals surface area contributed by atoms with Gasteiger partial charge in [0.25, 0.3) is 0 Å². The minimum atomic E-state index is 0.804. The lowest BCUT2D eigenvalue weighted by Crippen LogP contribution is -1.87. The molecular weight excluding hydrogens is 150 g/mol. The van der Waals surface area contributed by atoms with Crippen molar-refractivity contribution in [3.8, 4) is 11.3 Å². The molecule has 0 unspecified atom stereocenters. The number of hydrogen-bond acceptors (Lipinski definition) is 3. The summed E-state index contributed by atoms with van der Waals surface area (Å²) in [7, 11) is 0. The molecule has 3 heteroatoms. The molecule has 1 aromatic carbocycles. The van der Waals surface area contributed by atoms with E-state index in [1.54, 1.807) is 6.20 Å². The first kappa shape index (κ1) is 6.91. The summed E-state index contributed by atoms with van der Waals surface area (Å²) in [4.78, 5) is 3.89. The van der Waals surface area contributed by atoms with E-state index in [4.69, 9.17) is 0 Å². The van der Waals surface area contributed by atoms with Crippen molar-refractivity contribution in [2.24, 2.45) is 0 Å². The molecule has 0 amide bonds. The van der Waals surface area contributed by atoms with Crippen molar-refractivity contribution >= 4 is 0 Å². The highest BCUT2D eigenvalue weighted by molar-refractivity contribution is 5.56. The van der Waals surface area contributed by atoms with E-state index in [-0.39, 0.29) is 0 Å². The second-order valence-electron chi connectivity index (χ2n) is 2.36. The molecule has 0 fully saturated rings. The number of aromatic nitrogens is 3. The lowest BCUT2D eigenvalue weighted by atomic mass is 10.2. The molecule has 1 aromatic heterocycles. The minimum Gasteiger partial charge on any atom is -0.241 e. The van der Waals surface area contributed by atoms with Gasteiger partial charge in [-0.3, -0.25) is 0 Å². The average Bonchev–Trinajstić information content (AvgIpc) is 2.21. The highest BCUT2D eigenvalue weighted by atomic mass is 15.1. The molecule has 2 rings (SSSR count). The Balaban J connectivity index is 2.46. The van der Waals surface area contributed by atoms with E-state index in [2.05, 4.69) is 15.2 Å². The van der Waals surface area contributed by atoms with Crippen molar-refractivity contribution in [3.05, 3.63) is 42.9 Å². The predicted octanol–water partition coefficient (Wildman–Crippen LogP) is 1.54. The van der Waals surface area contributed by atoms with Gasteiger partial charge in [-0.2, -0.15) is 0 Å². The van der Waals surface area contributed by atoms with Crippen LogP contribution >= 0.6 is 0 Å². The Labute approximate surface area is 70.1 Å². The van der Waals surface area contributed by atoms with Crippen molar-refractivity contribution in [1.82, 2.24) is 15.2 Å². The van der Waals surface area contributed by atoms with Gasteiger partial charge < -0.3 is 0 Å². The maximum absolute atomic E-state index is 3.94. The monoisotopic (exact) mass is 157 g/mol.